The van der Waals surface area contributed by atoms with Crippen molar-refractivity contribution in [3.05, 3.63) is 275 Å². The molecule has 20 nitrogen and oxygen atoms in total. The summed E-state index contributed by atoms with van der Waals surface area (Å²) in [5.74, 6) is -1.99. The number of aliphatic hydroxyl groups excluding tert-OH is 1. The van der Waals surface area contributed by atoms with E-state index < -0.39 is 17.9 Å². The molecule has 9 rings (SSSR count). The maximum absolute atomic E-state index is 11.8. The third-order valence-corrected chi connectivity index (χ3v) is 16.4. The summed E-state index contributed by atoms with van der Waals surface area (Å²) >= 11 is 6.20. The molecule has 4 aromatic carbocycles. The van der Waals surface area contributed by atoms with Crippen LogP contribution in [0.1, 0.15) is 110 Å². The first-order chi connectivity index (χ1) is 45.8. The number of carbonyl (C=O) groups excluding carboxylic acids is 5. The number of azide groups is 3. The number of hydrogen-bond donors (Lipinski definition) is 2. The average molecular weight is 1370 g/mol. The van der Waals surface area contributed by atoms with Crippen LogP contribution in [-0.2, 0) is 84.7 Å². The number of aliphatic hydroxyl groups is 1. The Hall–Kier alpha value is -8.86. The van der Waals surface area contributed by atoms with Crippen LogP contribution >= 0.6 is 45.3 Å². The predicted molar refractivity (Wildman–Crippen MR) is 378 cm³/mol. The van der Waals surface area contributed by atoms with Crippen LogP contribution in [0, 0.1) is 0 Å². The second-order valence-corrected chi connectivity index (χ2v) is 23.2. The second kappa shape index (κ2) is 48.8. The Balaban J connectivity index is 0.000000412. The number of carbonyl (C=O) groups is 5. The van der Waals surface area contributed by atoms with Crippen LogP contribution in [0.3, 0.4) is 0 Å². The summed E-state index contributed by atoms with van der Waals surface area (Å²) in [7, 11) is 0. The second-order valence-electron chi connectivity index (χ2n) is 19.4. The molecule has 5 heterocycles. The summed E-state index contributed by atoms with van der Waals surface area (Å²) in [5, 5.41) is 25.7. The minimum Gasteiger partial charge on any atom is -1.00 e. The molecule has 0 saturated heterocycles. The monoisotopic (exact) mass is 1370 g/mol. The molecule has 0 spiro atoms. The molecule has 0 fully saturated rings. The molecule has 5 aromatic heterocycles. The van der Waals surface area contributed by atoms with Crippen LogP contribution in [0.25, 0.3) is 53.7 Å². The number of nitrogens with one attached hydrogen (secondary N) is 1. The maximum atomic E-state index is 11.8. The van der Waals surface area contributed by atoms with Gasteiger partial charge in [0, 0.05) is 31.1 Å². The average Bonchev–Trinajstić information content (AvgIpc) is 1.66. The van der Waals surface area contributed by atoms with E-state index in [0.717, 1.165) is 82.5 Å². The molecule has 0 atom stereocenters. The van der Waals surface area contributed by atoms with Gasteiger partial charge >= 0.3 is 53.4 Å². The van der Waals surface area contributed by atoms with E-state index in [9.17, 15) is 24.0 Å². The van der Waals surface area contributed by atoms with Gasteiger partial charge in [0.2, 0.25) is 0 Å². The summed E-state index contributed by atoms with van der Waals surface area (Å²) in [6.07, 6.45) is 11.8. The summed E-state index contributed by atoms with van der Waals surface area (Å²) in [6, 6.07) is 49.2. The van der Waals surface area contributed by atoms with Gasteiger partial charge in [0.25, 0.3) is 0 Å². The minimum absolute atomic E-state index is 0. The van der Waals surface area contributed by atoms with Crippen LogP contribution in [0.2, 0.25) is 0 Å². The standard InChI is InChI=1S/2C17H17N3O2S.C17H17NO2S.C13H12OS.C4H7N3O2.C2H6O.Na.H/c2*1-2-22-17(21)16(19-20-18)11-15-10-14(12-23-15)9-8-13-6-4-3-5-7-13;1-2-20-17(19)14-10-15-16(18-14)13(11-21-15)9-8-12-6-4-3-5-7-12;14-9-13-8-12(10-15-13)7-6-11-4-2-1-3-5-11;1-2-9-4(8)3-6-7-5;1-2-3;;/h2*3-7,10-12H,2,8-9H2,1H3;3-7,10-11,18H,2,8-9H2,1H3;1-5,8-10H,6-7H2;2-3H2,1H3;3H,2H2,1H3;;/q;;;;;;+1;-1/b2*16-11-;;;;;;. The quantitative estimate of drug-likeness (QED) is 0.00754. The number of ether oxygens (including phenoxy) is 4. The Morgan fingerprint density at radius 1 is 0.495 bits per heavy atom. The number of H-pyrrole nitrogens is 1. The number of fused-ring (bicyclic) bond motifs is 1. The Morgan fingerprint density at radius 2 is 0.863 bits per heavy atom. The van der Waals surface area contributed by atoms with Crippen LogP contribution in [0.4, 0.5) is 0 Å². The topological polar surface area (TPSA) is 305 Å². The van der Waals surface area contributed by atoms with Crippen molar-refractivity contribution < 1.29 is 79.0 Å². The van der Waals surface area contributed by atoms with Crippen molar-refractivity contribution in [1.29, 1.82) is 0 Å². The van der Waals surface area contributed by atoms with E-state index in [-0.39, 0.29) is 74.7 Å². The SMILES string of the molecule is CCO.CCOC(=O)/C(=C/c1cc(CCc2ccccc2)cs1)N=[N+]=[N-].CCOC(=O)/C(=C/c1cc(CCc2ccccc2)cs1)N=[N+]=[N-].CCOC(=O)CN=[N+]=[N-].CCOC(=O)c1cc2scc(CCc3ccccc3)c2[nH]1.O=Cc1cc(CCc2ccccc2)cs1.[H-].[Na+]. The zero-order valence-electron chi connectivity index (χ0n) is 55.1. The van der Waals surface area contributed by atoms with Crippen LogP contribution in [0.15, 0.2) is 194 Å². The maximum Gasteiger partial charge on any atom is 1.00 e. The largest absolute Gasteiger partial charge is 1.00 e. The first-order valence-corrected chi connectivity index (χ1v) is 33.6. The molecule has 0 unspecified atom stereocenters. The molecular weight excluding hydrogens is 1290 g/mol. The van der Waals surface area contributed by atoms with Crippen molar-refractivity contribution in [3.8, 4) is 0 Å². The smallest absolute Gasteiger partial charge is 1.00 e. The van der Waals surface area contributed by atoms with E-state index in [2.05, 4.69) is 123 Å². The molecule has 0 bridgehead atoms. The van der Waals surface area contributed by atoms with E-state index >= 15 is 0 Å². The van der Waals surface area contributed by atoms with Gasteiger partial charge in [-0.05, 0) is 205 Å². The van der Waals surface area contributed by atoms with Gasteiger partial charge < -0.3 is 30.5 Å². The molecule has 0 saturated carbocycles. The normalized spacial score (nSPS) is 10.2. The molecule has 492 valence electrons. The summed E-state index contributed by atoms with van der Waals surface area (Å²) < 4.78 is 20.3. The fraction of sp³-hybridized carbons (Fsp3) is 0.271. The molecule has 9 aromatic rings. The van der Waals surface area contributed by atoms with Crippen LogP contribution < -0.4 is 29.6 Å². The van der Waals surface area contributed by atoms with Gasteiger partial charge in [0.05, 0.1) is 41.5 Å². The molecular formula is C70H77N10NaO10S4. The number of aldehydes is 1. The van der Waals surface area contributed by atoms with E-state index in [4.69, 9.17) is 35.9 Å². The summed E-state index contributed by atoms with van der Waals surface area (Å²) in [6.45, 7) is 9.82. The number of aromatic nitrogens is 1. The first kappa shape index (κ1) is 80.4. The Bertz CT molecular complexity index is 3810. The molecule has 25 heteroatoms. The minimum atomic E-state index is -0.607. The van der Waals surface area contributed by atoms with E-state index in [1.807, 2.05) is 90.5 Å². The number of rotatable bonds is 26. The van der Waals surface area contributed by atoms with Crippen molar-refractivity contribution in [1.82, 2.24) is 4.98 Å². The number of thiophene rings is 4. The van der Waals surface area contributed by atoms with Crippen LogP contribution in [-0.4, -0.2) is 79.8 Å². The number of hydrogen-bond acceptors (Lipinski definition) is 17. The summed E-state index contributed by atoms with van der Waals surface area (Å²) in [4.78, 5) is 69.5. The van der Waals surface area contributed by atoms with Crippen molar-refractivity contribution >= 4 is 97.9 Å². The first-order valence-electron chi connectivity index (χ1n) is 30.1. The van der Waals surface area contributed by atoms with Crippen molar-refractivity contribution in [2.75, 3.05) is 39.6 Å². The van der Waals surface area contributed by atoms with Crippen LogP contribution in [0.5, 0.6) is 0 Å². The third-order valence-electron chi connectivity index (χ3n) is 12.6. The van der Waals surface area contributed by atoms with Crippen molar-refractivity contribution in [3.63, 3.8) is 0 Å². The molecule has 0 amide bonds. The van der Waals surface area contributed by atoms with Gasteiger partial charge in [-0.2, -0.15) is 0 Å². The Labute approximate surface area is 593 Å². The number of benzene rings is 4. The number of aryl methyl sites for hydroxylation is 8. The molecule has 0 aliphatic rings. The summed E-state index contributed by atoms with van der Waals surface area (Å²) in [5.41, 5.74) is 36.6. The molecule has 0 aliphatic heterocycles. The Kier molecular flexibility index (Phi) is 41.3. The van der Waals surface area contributed by atoms with Gasteiger partial charge in [0.15, 0.2) is 6.29 Å². The number of esters is 4. The molecule has 2 N–H and O–H groups in total. The van der Waals surface area contributed by atoms with Gasteiger partial charge in [-0.1, -0.05) is 137 Å². The van der Waals surface area contributed by atoms with E-state index in [1.54, 1.807) is 51.2 Å². The van der Waals surface area contributed by atoms with E-state index in [0.29, 0.717) is 18.9 Å². The Morgan fingerprint density at radius 3 is 1.22 bits per heavy atom. The number of nitrogens with zero attached hydrogens (tertiary/aromatic N) is 9. The van der Waals surface area contributed by atoms with Crippen molar-refractivity contribution in [2.24, 2.45) is 15.3 Å². The van der Waals surface area contributed by atoms with Gasteiger partial charge in [0.1, 0.15) is 23.6 Å². The third kappa shape index (κ3) is 32.2. The fourth-order valence-electron chi connectivity index (χ4n) is 8.31. The van der Waals surface area contributed by atoms with Gasteiger partial charge in [-0.25, -0.2) is 14.4 Å². The zero-order valence-corrected chi connectivity index (χ0v) is 59.3. The fourth-order valence-corrected chi connectivity index (χ4v) is 11.8. The van der Waals surface area contributed by atoms with Gasteiger partial charge in [-0.15, -0.1) is 45.3 Å². The molecule has 95 heavy (non-hydrogen) atoms. The number of aromatic amines is 1. The molecule has 0 radical (unpaired) electrons. The van der Waals surface area contributed by atoms with Gasteiger partial charge in [-0.3, -0.25) is 9.59 Å². The predicted octanol–water partition coefficient (Wildman–Crippen LogP) is 15.0. The zero-order chi connectivity index (χ0) is 68.0. The molecule has 0 aliphatic carbocycles. The van der Waals surface area contributed by atoms with Crippen molar-refractivity contribution in [2.45, 2.75) is 86.0 Å². The van der Waals surface area contributed by atoms with E-state index in [1.165, 1.54) is 78.5 Å².